The first kappa shape index (κ1) is 20.5. The maximum atomic E-state index is 11.3. The van der Waals surface area contributed by atoms with E-state index in [9.17, 15) is 9.90 Å². The van der Waals surface area contributed by atoms with Crippen molar-refractivity contribution in [3.8, 4) is 0 Å². The molecule has 5 rings (SSSR count). The SMILES string of the molecule is O=C(O)c1cccc(CN2CCC(c3cn(Cc4ccncc4)c4ccccc34)CC2)c1. The summed E-state index contributed by atoms with van der Waals surface area (Å²) < 4.78 is 2.36. The summed E-state index contributed by atoms with van der Waals surface area (Å²) in [5.41, 5.74) is 5.41. The lowest BCUT2D eigenvalue weighted by Crippen LogP contribution is -2.32. The molecule has 0 radical (unpaired) electrons. The second-order valence-electron chi connectivity index (χ2n) is 8.64. The van der Waals surface area contributed by atoms with E-state index in [0.717, 1.165) is 44.6 Å². The fourth-order valence-electron chi connectivity index (χ4n) is 4.88. The first-order valence-corrected chi connectivity index (χ1v) is 11.2. The van der Waals surface area contributed by atoms with Gasteiger partial charge in [0.1, 0.15) is 0 Å². The number of aromatic carboxylic acids is 1. The molecule has 0 saturated carbocycles. The lowest BCUT2D eigenvalue weighted by atomic mass is 9.89. The number of hydrogen-bond acceptors (Lipinski definition) is 3. The number of carbonyl (C=O) groups is 1. The fraction of sp³-hybridized carbons (Fsp3) is 0.259. The second kappa shape index (κ2) is 8.97. The van der Waals surface area contributed by atoms with E-state index in [1.807, 2.05) is 24.5 Å². The number of nitrogens with zero attached hydrogens (tertiary/aromatic N) is 3. The monoisotopic (exact) mass is 425 g/mol. The van der Waals surface area contributed by atoms with Crippen LogP contribution in [-0.4, -0.2) is 38.6 Å². The Morgan fingerprint density at radius 2 is 1.72 bits per heavy atom. The van der Waals surface area contributed by atoms with Crippen molar-refractivity contribution in [1.82, 2.24) is 14.5 Å². The van der Waals surface area contributed by atoms with Gasteiger partial charge in [-0.05, 0) is 78.9 Å². The van der Waals surface area contributed by atoms with Gasteiger partial charge in [-0.3, -0.25) is 9.88 Å². The number of fused-ring (bicyclic) bond motifs is 1. The van der Waals surface area contributed by atoms with Crippen molar-refractivity contribution in [2.24, 2.45) is 0 Å². The Bertz CT molecular complexity index is 1220. The zero-order valence-electron chi connectivity index (χ0n) is 18.0. The number of pyridine rings is 1. The van der Waals surface area contributed by atoms with Crippen molar-refractivity contribution in [2.45, 2.75) is 31.8 Å². The van der Waals surface area contributed by atoms with E-state index in [2.05, 4.69) is 57.0 Å². The standard InChI is InChI=1S/C27H27N3O2/c31-27(32)23-5-3-4-21(16-23)17-29-14-10-22(11-15-29)25-19-30(18-20-8-12-28-13-9-20)26-7-2-1-6-24(25)26/h1-9,12-13,16,19,22H,10-11,14-15,17-18H2,(H,31,32). The maximum Gasteiger partial charge on any atom is 0.335 e. The third kappa shape index (κ3) is 4.30. The summed E-state index contributed by atoms with van der Waals surface area (Å²) in [4.78, 5) is 17.8. The van der Waals surface area contributed by atoms with Crippen LogP contribution in [0, 0.1) is 0 Å². The average Bonchev–Trinajstić information content (AvgIpc) is 3.19. The number of carboxylic acids is 1. The molecule has 1 fully saturated rings. The van der Waals surface area contributed by atoms with Gasteiger partial charge in [-0.2, -0.15) is 0 Å². The van der Waals surface area contributed by atoms with E-state index in [1.54, 1.807) is 12.1 Å². The van der Waals surface area contributed by atoms with Crippen LogP contribution in [0.1, 0.15) is 45.8 Å². The highest BCUT2D eigenvalue weighted by molar-refractivity contribution is 5.87. The minimum absolute atomic E-state index is 0.361. The molecule has 1 aliphatic heterocycles. The van der Waals surface area contributed by atoms with Gasteiger partial charge in [0, 0.05) is 42.6 Å². The Kier molecular flexibility index (Phi) is 5.73. The van der Waals surface area contributed by atoms with Crippen LogP contribution in [-0.2, 0) is 13.1 Å². The van der Waals surface area contributed by atoms with Gasteiger partial charge in [0.25, 0.3) is 0 Å². The van der Waals surface area contributed by atoms with Crippen LogP contribution in [0.2, 0.25) is 0 Å². The van der Waals surface area contributed by atoms with Gasteiger partial charge in [0.2, 0.25) is 0 Å². The Morgan fingerprint density at radius 3 is 2.50 bits per heavy atom. The number of carboxylic acid groups (broad SMARTS) is 1. The molecule has 1 saturated heterocycles. The van der Waals surface area contributed by atoms with Crippen LogP contribution in [0.15, 0.2) is 79.3 Å². The Balaban J connectivity index is 1.31. The summed E-state index contributed by atoms with van der Waals surface area (Å²) in [5.74, 6) is -0.325. The quantitative estimate of drug-likeness (QED) is 0.463. The van der Waals surface area contributed by atoms with Gasteiger partial charge in [0.05, 0.1) is 5.56 Å². The minimum Gasteiger partial charge on any atom is -0.478 e. The Hall–Kier alpha value is -3.44. The van der Waals surface area contributed by atoms with Crippen molar-refractivity contribution in [1.29, 1.82) is 0 Å². The van der Waals surface area contributed by atoms with E-state index in [0.29, 0.717) is 11.5 Å². The molecule has 3 heterocycles. The third-order valence-electron chi connectivity index (χ3n) is 6.53. The van der Waals surface area contributed by atoms with Gasteiger partial charge in [-0.25, -0.2) is 4.79 Å². The van der Waals surface area contributed by atoms with E-state index in [-0.39, 0.29) is 0 Å². The summed E-state index contributed by atoms with van der Waals surface area (Å²) in [6.07, 6.45) is 8.28. The van der Waals surface area contributed by atoms with Crippen molar-refractivity contribution in [3.05, 3.63) is 102 Å². The molecule has 2 aromatic heterocycles. The number of rotatable bonds is 6. The van der Waals surface area contributed by atoms with E-state index in [1.165, 1.54) is 22.0 Å². The van der Waals surface area contributed by atoms with Crippen LogP contribution in [0.5, 0.6) is 0 Å². The second-order valence-corrected chi connectivity index (χ2v) is 8.64. The highest BCUT2D eigenvalue weighted by atomic mass is 16.4. The topological polar surface area (TPSA) is 58.4 Å². The van der Waals surface area contributed by atoms with E-state index in [4.69, 9.17) is 0 Å². The summed E-state index contributed by atoms with van der Waals surface area (Å²) in [6, 6.07) is 20.2. The van der Waals surface area contributed by atoms with Gasteiger partial charge in [0.15, 0.2) is 0 Å². The van der Waals surface area contributed by atoms with Crippen LogP contribution in [0.25, 0.3) is 10.9 Å². The van der Waals surface area contributed by atoms with Gasteiger partial charge in [-0.1, -0.05) is 30.3 Å². The lowest BCUT2D eigenvalue weighted by molar-refractivity contribution is 0.0696. The molecule has 1 N–H and O–H groups in total. The molecule has 5 heteroatoms. The Labute approximate surface area is 187 Å². The zero-order chi connectivity index (χ0) is 21.9. The molecule has 162 valence electrons. The molecule has 32 heavy (non-hydrogen) atoms. The van der Waals surface area contributed by atoms with Gasteiger partial charge in [-0.15, -0.1) is 0 Å². The van der Waals surface area contributed by atoms with Crippen LogP contribution in [0.4, 0.5) is 0 Å². The molecule has 5 nitrogen and oxygen atoms in total. The molecule has 0 unspecified atom stereocenters. The van der Waals surface area contributed by atoms with E-state index < -0.39 is 5.97 Å². The molecular weight excluding hydrogens is 398 g/mol. The summed E-state index contributed by atoms with van der Waals surface area (Å²) in [6.45, 7) is 3.69. The predicted octanol–water partition coefficient (Wildman–Crippen LogP) is 5.16. The molecule has 0 aliphatic carbocycles. The molecule has 0 atom stereocenters. The number of hydrogen-bond donors (Lipinski definition) is 1. The highest BCUT2D eigenvalue weighted by Gasteiger charge is 2.24. The highest BCUT2D eigenvalue weighted by Crippen LogP contribution is 2.35. The number of piperidine rings is 1. The molecule has 0 bridgehead atoms. The van der Waals surface area contributed by atoms with Crippen molar-refractivity contribution >= 4 is 16.9 Å². The fourth-order valence-corrected chi connectivity index (χ4v) is 4.88. The zero-order valence-corrected chi connectivity index (χ0v) is 18.0. The molecule has 4 aromatic rings. The van der Waals surface area contributed by atoms with Crippen molar-refractivity contribution in [3.63, 3.8) is 0 Å². The van der Waals surface area contributed by atoms with Gasteiger partial charge < -0.3 is 9.67 Å². The summed E-state index contributed by atoms with van der Waals surface area (Å²) >= 11 is 0. The van der Waals surface area contributed by atoms with Crippen molar-refractivity contribution < 1.29 is 9.90 Å². The van der Waals surface area contributed by atoms with Crippen LogP contribution >= 0.6 is 0 Å². The normalized spacial score (nSPS) is 15.2. The van der Waals surface area contributed by atoms with Crippen LogP contribution in [0.3, 0.4) is 0 Å². The molecular formula is C27H27N3O2. The third-order valence-corrected chi connectivity index (χ3v) is 6.53. The number of aromatic nitrogens is 2. The number of likely N-dealkylation sites (tertiary alicyclic amines) is 1. The predicted molar refractivity (Wildman–Crippen MR) is 126 cm³/mol. The first-order valence-electron chi connectivity index (χ1n) is 11.2. The smallest absolute Gasteiger partial charge is 0.335 e. The molecule has 0 spiro atoms. The largest absolute Gasteiger partial charge is 0.478 e. The average molecular weight is 426 g/mol. The van der Waals surface area contributed by atoms with Gasteiger partial charge >= 0.3 is 5.97 Å². The van der Waals surface area contributed by atoms with E-state index >= 15 is 0 Å². The Morgan fingerprint density at radius 1 is 0.938 bits per heavy atom. The summed E-state index contributed by atoms with van der Waals surface area (Å²) in [7, 11) is 0. The first-order chi connectivity index (χ1) is 15.7. The molecule has 1 aliphatic rings. The van der Waals surface area contributed by atoms with Crippen molar-refractivity contribution in [2.75, 3.05) is 13.1 Å². The minimum atomic E-state index is -0.867. The lowest BCUT2D eigenvalue weighted by Gasteiger charge is -2.32. The van der Waals surface area contributed by atoms with Crippen LogP contribution < -0.4 is 0 Å². The number of benzene rings is 2. The summed E-state index contributed by atoms with van der Waals surface area (Å²) in [5, 5.41) is 10.6. The molecule has 0 amide bonds. The molecule has 2 aromatic carbocycles. The maximum absolute atomic E-state index is 11.3. The number of para-hydroxylation sites is 1.